The monoisotopic (exact) mass is 106 g/mol. The highest BCUT2D eigenvalue weighted by atomic mass is 14.4. The highest BCUT2D eigenvalue weighted by molar-refractivity contribution is 6.17. The number of rotatable bonds is 0. The van der Waals surface area contributed by atoms with Gasteiger partial charge in [0, 0.05) is 12.2 Å². The maximum atomic E-state index is 8.70. The Labute approximate surface area is 47.5 Å². The number of nitrogens with two attached hydrogens (primary N) is 1. The van der Waals surface area contributed by atoms with Crippen LogP contribution in [0, 0.1) is 0 Å². The van der Waals surface area contributed by atoms with Gasteiger partial charge in [-0.3, -0.25) is 5.41 Å². The molecule has 0 aliphatic heterocycles. The molecule has 0 amide bonds. The van der Waals surface area contributed by atoms with E-state index >= 15 is 0 Å². The molecule has 0 unspecified atom stereocenters. The maximum Gasteiger partial charge on any atom is 0.196 e. The van der Waals surface area contributed by atoms with Crippen molar-refractivity contribution in [1.82, 2.24) is 0 Å². The normalized spacial score (nSPS) is 17.5. The van der Waals surface area contributed by atoms with Crippen molar-refractivity contribution in [2.45, 2.75) is 0 Å². The first-order valence-corrected chi connectivity index (χ1v) is 2.33. The summed E-state index contributed by atoms with van der Waals surface area (Å²) in [6.45, 7) is 0. The zero-order valence-electron chi connectivity index (χ0n) is 4.33. The summed E-state index contributed by atoms with van der Waals surface area (Å²) in [6, 6.07) is 0. The number of nitrogens with zero attached hydrogens (tertiary/aromatic N) is 1. The van der Waals surface area contributed by atoms with Gasteiger partial charge in [0.1, 0.15) is 0 Å². The second kappa shape index (κ2) is 1.74. The third kappa shape index (κ3) is 0.904. The molecular weight excluding hydrogens is 100 g/mol. The Morgan fingerprint density at radius 2 is 1.62 bits per heavy atom. The van der Waals surface area contributed by atoms with Gasteiger partial charge in [-0.1, -0.05) is 12.2 Å². The molecule has 0 radical (unpaired) electrons. The molecule has 0 aromatic heterocycles. The van der Waals surface area contributed by atoms with Crippen LogP contribution in [0.2, 0.25) is 0 Å². The van der Waals surface area contributed by atoms with Crippen molar-refractivity contribution >= 4 is 11.4 Å². The van der Waals surface area contributed by atoms with Gasteiger partial charge >= 0.3 is 0 Å². The fourth-order valence-corrected chi connectivity index (χ4v) is 0.474. The largest absolute Gasteiger partial charge is 0.804 e. The molecule has 1 aliphatic rings. The Morgan fingerprint density at radius 1 is 1.12 bits per heavy atom. The topological polar surface area (TPSA) is 47.9 Å². The Kier molecular flexibility index (Phi) is 1.08. The molecule has 0 saturated heterocycles. The van der Waals surface area contributed by atoms with Gasteiger partial charge in [0.15, 0.2) is 5.71 Å². The van der Waals surface area contributed by atoms with Crippen molar-refractivity contribution in [2.75, 3.05) is 0 Å². The smallest absolute Gasteiger partial charge is 0.196 e. The molecule has 40 valence electrons. The summed E-state index contributed by atoms with van der Waals surface area (Å²) in [6.07, 6.45) is 6.40. The van der Waals surface area contributed by atoms with Crippen molar-refractivity contribution < 1.29 is 5.41 Å². The van der Waals surface area contributed by atoms with Gasteiger partial charge in [-0.2, -0.15) is 5.71 Å². The molecule has 0 heterocycles. The van der Waals surface area contributed by atoms with E-state index in [1.54, 1.807) is 24.3 Å². The van der Waals surface area contributed by atoms with Crippen LogP contribution in [0.1, 0.15) is 0 Å². The van der Waals surface area contributed by atoms with Crippen LogP contribution in [0.3, 0.4) is 0 Å². The first-order chi connectivity index (χ1) is 3.79. The van der Waals surface area contributed by atoms with E-state index in [0.717, 1.165) is 0 Å². The summed E-state index contributed by atoms with van der Waals surface area (Å²) in [7, 11) is 0. The molecule has 0 aromatic rings. The molecule has 2 heteroatoms. The molecule has 0 atom stereocenters. The Hall–Kier alpha value is -1.18. The zero-order valence-corrected chi connectivity index (χ0v) is 4.33. The quantitative estimate of drug-likeness (QED) is 0.398. The van der Waals surface area contributed by atoms with Crippen LogP contribution in [0.15, 0.2) is 24.3 Å². The fraction of sp³-hybridized carbons (Fsp3) is 0. The minimum Gasteiger partial charge on any atom is -0.804 e. The van der Waals surface area contributed by atoms with Crippen molar-refractivity contribution in [3.63, 3.8) is 0 Å². The molecule has 2 nitrogen and oxygen atoms in total. The lowest BCUT2D eigenvalue weighted by atomic mass is 10.2. The molecule has 0 bridgehead atoms. The van der Waals surface area contributed by atoms with E-state index in [9.17, 15) is 0 Å². The molecule has 2 N–H and O–H groups in total. The lowest BCUT2D eigenvalue weighted by Gasteiger charge is -2.00. The molecule has 1 aliphatic carbocycles. The van der Waals surface area contributed by atoms with Gasteiger partial charge in [-0.15, -0.1) is 0 Å². The van der Waals surface area contributed by atoms with Gasteiger partial charge in [-0.05, 0) is 0 Å². The van der Waals surface area contributed by atoms with Crippen molar-refractivity contribution in [2.24, 2.45) is 0 Å². The third-order valence-corrected chi connectivity index (χ3v) is 0.893. The molecule has 1 rings (SSSR count). The maximum absolute atomic E-state index is 8.70. The summed E-state index contributed by atoms with van der Waals surface area (Å²) in [5, 5.41) is 14.0. The third-order valence-electron chi connectivity index (χ3n) is 0.893. The van der Waals surface area contributed by atoms with Crippen molar-refractivity contribution in [1.29, 1.82) is 0 Å². The summed E-state index contributed by atoms with van der Waals surface area (Å²) in [5.41, 5.74) is 0.919. The second-order valence-electron chi connectivity index (χ2n) is 1.59. The van der Waals surface area contributed by atoms with Crippen molar-refractivity contribution in [3.05, 3.63) is 29.7 Å². The summed E-state index contributed by atoms with van der Waals surface area (Å²) >= 11 is 0. The summed E-state index contributed by atoms with van der Waals surface area (Å²) in [5.74, 6) is 0. The van der Waals surface area contributed by atoms with Crippen LogP contribution >= 0.6 is 0 Å². The van der Waals surface area contributed by atoms with Crippen LogP contribution in [-0.4, -0.2) is 11.4 Å². The predicted octanol–water partition coefficient (Wildman–Crippen LogP) is -0.677. The molecule has 0 spiro atoms. The number of hydrogen-bond acceptors (Lipinski definition) is 0. The predicted molar refractivity (Wildman–Crippen MR) is 33.6 cm³/mol. The fourth-order valence-electron chi connectivity index (χ4n) is 0.474. The van der Waals surface area contributed by atoms with Crippen molar-refractivity contribution in [3.8, 4) is 0 Å². The summed E-state index contributed by atoms with van der Waals surface area (Å²) < 4.78 is 0. The van der Waals surface area contributed by atoms with Crippen LogP contribution in [0.5, 0.6) is 0 Å². The van der Waals surface area contributed by atoms with Gasteiger partial charge in [-0.25, -0.2) is 0 Å². The van der Waals surface area contributed by atoms with Crippen LogP contribution < -0.4 is 5.41 Å². The minimum absolute atomic E-state index is 0.249. The van der Waals surface area contributed by atoms with E-state index in [4.69, 9.17) is 10.8 Å². The standard InChI is InChI=1S/C6H5N2/c7-5-1-2-6(8)4-3-5/h1-4,7H/q-1/p+1. The van der Waals surface area contributed by atoms with E-state index in [1.165, 1.54) is 0 Å². The molecular formula is C6H6N2. The van der Waals surface area contributed by atoms with Gasteiger partial charge in [0.05, 0.1) is 0 Å². The van der Waals surface area contributed by atoms with E-state index in [0.29, 0.717) is 5.71 Å². The van der Waals surface area contributed by atoms with Gasteiger partial charge in [0.25, 0.3) is 0 Å². The second-order valence-corrected chi connectivity index (χ2v) is 1.59. The molecule has 8 heavy (non-hydrogen) atoms. The number of allylic oxidation sites excluding steroid dienone is 4. The van der Waals surface area contributed by atoms with E-state index in [2.05, 4.69) is 0 Å². The zero-order chi connectivity index (χ0) is 5.98. The van der Waals surface area contributed by atoms with Gasteiger partial charge < -0.3 is 5.41 Å². The van der Waals surface area contributed by atoms with Crippen LogP contribution in [-0.2, 0) is 0 Å². The Morgan fingerprint density at radius 3 is 2.00 bits per heavy atom. The van der Waals surface area contributed by atoms with E-state index in [-0.39, 0.29) is 5.71 Å². The van der Waals surface area contributed by atoms with Crippen LogP contribution in [0.4, 0.5) is 0 Å². The lowest BCUT2D eigenvalue weighted by Crippen LogP contribution is -2.37. The highest BCUT2D eigenvalue weighted by Crippen LogP contribution is 1.90. The first-order valence-electron chi connectivity index (χ1n) is 2.33. The van der Waals surface area contributed by atoms with E-state index < -0.39 is 0 Å². The average molecular weight is 106 g/mol. The Balaban J connectivity index is 2.83. The lowest BCUT2D eigenvalue weighted by molar-refractivity contribution is -0.110. The SMILES string of the molecule is [N-]=C1C=CC(=[NH2+])C=C1. The average Bonchev–Trinajstić information content (AvgIpc) is 1.77. The molecule has 0 saturated carbocycles. The number of hydrogen-bond donors (Lipinski definition) is 1. The summed E-state index contributed by atoms with van der Waals surface area (Å²) in [4.78, 5) is 0. The molecule has 0 fully saturated rings. The molecule has 0 aromatic carbocycles. The Bertz CT molecular complexity index is 149. The van der Waals surface area contributed by atoms with Crippen LogP contribution in [0.25, 0.3) is 5.41 Å². The first kappa shape index (κ1) is 4.97. The van der Waals surface area contributed by atoms with E-state index in [1.807, 2.05) is 0 Å². The van der Waals surface area contributed by atoms with Gasteiger partial charge in [0.2, 0.25) is 0 Å². The minimum atomic E-state index is 0.249. The highest BCUT2D eigenvalue weighted by Gasteiger charge is 1.91.